The molecule has 1 saturated carbocycles. The third-order valence-electron chi connectivity index (χ3n) is 5.35. The minimum Gasteiger partial charge on any atom is -0.391 e. The summed E-state index contributed by atoms with van der Waals surface area (Å²) in [5.74, 6) is 0.346. The molecule has 3 rings (SSSR count). The molecule has 0 aromatic heterocycles. The van der Waals surface area contributed by atoms with E-state index in [0.29, 0.717) is 25.4 Å². The van der Waals surface area contributed by atoms with Gasteiger partial charge in [-0.1, -0.05) is 0 Å². The van der Waals surface area contributed by atoms with E-state index in [1.807, 2.05) is 9.80 Å². The van der Waals surface area contributed by atoms with Crippen LogP contribution in [0.25, 0.3) is 0 Å². The molecule has 3 aliphatic rings. The van der Waals surface area contributed by atoms with Gasteiger partial charge in [-0.05, 0) is 25.7 Å². The van der Waals surface area contributed by atoms with Crippen LogP contribution in [-0.4, -0.2) is 83.0 Å². The summed E-state index contributed by atoms with van der Waals surface area (Å²) >= 11 is 0. The zero-order valence-electron chi connectivity index (χ0n) is 13.2. The highest BCUT2D eigenvalue weighted by molar-refractivity contribution is 5.80. The molecule has 6 nitrogen and oxygen atoms in total. The molecule has 2 atom stereocenters. The van der Waals surface area contributed by atoms with Crippen molar-refractivity contribution in [3.8, 4) is 0 Å². The number of carbonyl (C=O) groups is 2. The van der Waals surface area contributed by atoms with Crippen LogP contribution in [0, 0.1) is 0 Å². The average Bonchev–Trinajstić information content (AvgIpc) is 3.13. The van der Waals surface area contributed by atoms with Crippen molar-refractivity contribution >= 4 is 11.8 Å². The van der Waals surface area contributed by atoms with Crippen LogP contribution in [0.1, 0.15) is 38.5 Å². The second kappa shape index (κ2) is 6.96. The van der Waals surface area contributed by atoms with Crippen LogP contribution in [0.15, 0.2) is 0 Å². The minimum atomic E-state index is -0.191. The summed E-state index contributed by atoms with van der Waals surface area (Å²) in [6.45, 7) is 4.58. The Morgan fingerprint density at radius 2 is 1.86 bits per heavy atom. The standard InChI is InChI=1S/C16H27N3O3/c20-14-4-1-3-13(14)17-9-11-19(12-10-17)16(22)6-8-18-7-2-5-15(18)21/h13-14,20H,1-12H2/t13-,14+/m1/s1. The largest absolute Gasteiger partial charge is 0.391 e. The third kappa shape index (κ3) is 3.43. The first-order valence-electron chi connectivity index (χ1n) is 8.63. The van der Waals surface area contributed by atoms with Gasteiger partial charge in [0.05, 0.1) is 6.10 Å². The highest BCUT2D eigenvalue weighted by Gasteiger charge is 2.33. The van der Waals surface area contributed by atoms with E-state index >= 15 is 0 Å². The first kappa shape index (κ1) is 15.7. The summed E-state index contributed by atoms with van der Waals surface area (Å²) < 4.78 is 0. The van der Waals surface area contributed by atoms with Gasteiger partial charge in [0.2, 0.25) is 11.8 Å². The normalized spacial score (nSPS) is 30.3. The first-order chi connectivity index (χ1) is 10.6. The van der Waals surface area contributed by atoms with E-state index in [-0.39, 0.29) is 17.9 Å². The van der Waals surface area contributed by atoms with E-state index in [4.69, 9.17) is 0 Å². The van der Waals surface area contributed by atoms with Crippen molar-refractivity contribution in [2.45, 2.75) is 50.7 Å². The molecule has 22 heavy (non-hydrogen) atoms. The smallest absolute Gasteiger partial charge is 0.224 e. The molecule has 2 heterocycles. The molecule has 0 spiro atoms. The molecule has 0 radical (unpaired) electrons. The molecular weight excluding hydrogens is 282 g/mol. The fraction of sp³-hybridized carbons (Fsp3) is 0.875. The summed E-state index contributed by atoms with van der Waals surface area (Å²) in [6, 6.07) is 0.291. The molecule has 3 fully saturated rings. The Bertz CT molecular complexity index is 421. The number of hydrogen-bond donors (Lipinski definition) is 1. The highest BCUT2D eigenvalue weighted by atomic mass is 16.3. The summed E-state index contributed by atoms with van der Waals surface area (Å²) in [5.41, 5.74) is 0. The van der Waals surface area contributed by atoms with E-state index < -0.39 is 0 Å². The molecule has 2 amide bonds. The third-order valence-corrected chi connectivity index (χ3v) is 5.35. The van der Waals surface area contributed by atoms with E-state index in [1.54, 1.807) is 0 Å². The van der Waals surface area contributed by atoms with E-state index in [9.17, 15) is 14.7 Å². The summed E-state index contributed by atoms with van der Waals surface area (Å²) in [7, 11) is 0. The highest BCUT2D eigenvalue weighted by Crippen LogP contribution is 2.25. The fourth-order valence-electron chi connectivity index (χ4n) is 3.98. The molecule has 0 aromatic carbocycles. The molecule has 6 heteroatoms. The maximum Gasteiger partial charge on any atom is 0.224 e. The second-order valence-electron chi connectivity index (χ2n) is 6.72. The van der Waals surface area contributed by atoms with Crippen molar-refractivity contribution in [3.05, 3.63) is 0 Å². The van der Waals surface area contributed by atoms with E-state index in [1.165, 1.54) is 0 Å². The molecule has 2 aliphatic heterocycles. The van der Waals surface area contributed by atoms with Crippen molar-refractivity contribution in [2.24, 2.45) is 0 Å². The number of amides is 2. The Labute approximate surface area is 132 Å². The summed E-state index contributed by atoms with van der Waals surface area (Å²) in [6.07, 6.45) is 4.90. The van der Waals surface area contributed by atoms with Crippen LogP contribution in [-0.2, 0) is 9.59 Å². The SMILES string of the molecule is O=C1CCCN1CCC(=O)N1CCN([C@@H]2CCC[C@@H]2O)CC1. The lowest BCUT2D eigenvalue weighted by Gasteiger charge is -2.39. The molecule has 2 saturated heterocycles. The summed E-state index contributed by atoms with van der Waals surface area (Å²) in [4.78, 5) is 29.9. The molecule has 1 N–H and O–H groups in total. The lowest BCUT2D eigenvalue weighted by Crippen LogP contribution is -2.53. The number of aliphatic hydroxyl groups excluding tert-OH is 1. The fourth-order valence-corrected chi connectivity index (χ4v) is 3.98. The monoisotopic (exact) mass is 309 g/mol. The van der Waals surface area contributed by atoms with Crippen LogP contribution in [0.5, 0.6) is 0 Å². The van der Waals surface area contributed by atoms with Crippen LogP contribution in [0.4, 0.5) is 0 Å². The Hall–Kier alpha value is -1.14. The molecule has 0 bridgehead atoms. The maximum absolute atomic E-state index is 12.3. The zero-order valence-corrected chi connectivity index (χ0v) is 13.2. The van der Waals surface area contributed by atoms with Crippen LogP contribution in [0.2, 0.25) is 0 Å². The molecular formula is C16H27N3O3. The van der Waals surface area contributed by atoms with Gasteiger partial charge in [-0.15, -0.1) is 0 Å². The van der Waals surface area contributed by atoms with Crippen molar-refractivity contribution < 1.29 is 14.7 Å². The van der Waals surface area contributed by atoms with Crippen LogP contribution in [0.3, 0.4) is 0 Å². The van der Waals surface area contributed by atoms with Crippen molar-refractivity contribution in [1.29, 1.82) is 0 Å². The molecule has 0 unspecified atom stereocenters. The lowest BCUT2D eigenvalue weighted by molar-refractivity contribution is -0.134. The van der Waals surface area contributed by atoms with Crippen molar-refractivity contribution in [2.75, 3.05) is 39.3 Å². The topological polar surface area (TPSA) is 64.1 Å². The quantitative estimate of drug-likeness (QED) is 0.797. The molecule has 0 aromatic rings. The lowest BCUT2D eigenvalue weighted by atomic mass is 10.1. The van der Waals surface area contributed by atoms with Gasteiger partial charge < -0.3 is 14.9 Å². The predicted octanol–water partition coefficient (Wildman–Crippen LogP) is 0.0565. The summed E-state index contributed by atoms with van der Waals surface area (Å²) in [5, 5.41) is 9.99. The van der Waals surface area contributed by atoms with Gasteiger partial charge in [0.25, 0.3) is 0 Å². The van der Waals surface area contributed by atoms with Crippen LogP contribution >= 0.6 is 0 Å². The minimum absolute atomic E-state index is 0.159. The number of aliphatic hydroxyl groups is 1. The van der Waals surface area contributed by atoms with Gasteiger partial charge in [-0.2, -0.15) is 0 Å². The second-order valence-corrected chi connectivity index (χ2v) is 6.72. The predicted molar refractivity (Wildman–Crippen MR) is 82.2 cm³/mol. The van der Waals surface area contributed by atoms with Gasteiger partial charge >= 0.3 is 0 Å². The zero-order chi connectivity index (χ0) is 15.5. The Morgan fingerprint density at radius 3 is 2.45 bits per heavy atom. The Morgan fingerprint density at radius 1 is 1.09 bits per heavy atom. The first-order valence-corrected chi connectivity index (χ1v) is 8.63. The number of piperazine rings is 1. The Balaban J connectivity index is 1.41. The van der Waals surface area contributed by atoms with Crippen molar-refractivity contribution in [3.63, 3.8) is 0 Å². The maximum atomic E-state index is 12.3. The Kier molecular flexibility index (Phi) is 4.98. The van der Waals surface area contributed by atoms with Gasteiger partial charge in [0.1, 0.15) is 0 Å². The number of likely N-dealkylation sites (tertiary alicyclic amines) is 1. The van der Waals surface area contributed by atoms with Gasteiger partial charge in [0.15, 0.2) is 0 Å². The number of rotatable bonds is 4. The van der Waals surface area contributed by atoms with Gasteiger partial charge in [-0.25, -0.2) is 0 Å². The molecule has 1 aliphatic carbocycles. The molecule has 124 valence electrons. The van der Waals surface area contributed by atoms with Gasteiger partial charge in [0, 0.05) is 58.2 Å². The van der Waals surface area contributed by atoms with E-state index in [2.05, 4.69) is 4.90 Å². The number of carbonyl (C=O) groups excluding carboxylic acids is 2. The van der Waals surface area contributed by atoms with Crippen LogP contribution < -0.4 is 0 Å². The van der Waals surface area contributed by atoms with Gasteiger partial charge in [-0.3, -0.25) is 14.5 Å². The average molecular weight is 309 g/mol. The van der Waals surface area contributed by atoms with Crippen molar-refractivity contribution in [1.82, 2.24) is 14.7 Å². The number of nitrogens with zero attached hydrogens (tertiary/aromatic N) is 3. The number of hydrogen-bond acceptors (Lipinski definition) is 4. The van der Waals surface area contributed by atoms with E-state index in [0.717, 1.165) is 58.4 Å².